The topological polar surface area (TPSA) is 63.3 Å². The molecule has 0 bridgehead atoms. The molecule has 0 aliphatic carbocycles. The molecule has 1 aromatic carbocycles. The minimum atomic E-state index is -0.955. The zero-order valence-corrected chi connectivity index (χ0v) is 9.50. The van der Waals surface area contributed by atoms with Crippen LogP contribution in [0.5, 0.6) is 0 Å². The summed E-state index contributed by atoms with van der Waals surface area (Å²) in [6.07, 6.45) is 0. The van der Waals surface area contributed by atoms with Gasteiger partial charge in [-0.2, -0.15) is 18.2 Å². The van der Waals surface area contributed by atoms with E-state index in [0.29, 0.717) is 11.3 Å². The van der Waals surface area contributed by atoms with E-state index in [1.165, 1.54) is 12.1 Å². The van der Waals surface area contributed by atoms with Gasteiger partial charge in [0.1, 0.15) is 0 Å². The van der Waals surface area contributed by atoms with Crippen molar-refractivity contribution < 1.29 is 42.6 Å². The minimum absolute atomic E-state index is 0. The van der Waals surface area contributed by atoms with Crippen LogP contribution in [-0.2, 0) is 32.7 Å². The Hall–Kier alpha value is -0.406. The smallest absolute Gasteiger partial charge is 0.311 e. The Morgan fingerprint density at radius 3 is 2.67 bits per heavy atom. The third-order valence-electron chi connectivity index (χ3n) is 1.53. The van der Waals surface area contributed by atoms with Crippen LogP contribution >= 0.6 is 0 Å². The van der Waals surface area contributed by atoms with Crippen molar-refractivity contribution in [3.8, 4) is 0 Å². The summed E-state index contributed by atoms with van der Waals surface area (Å²) < 4.78 is 0. The molecule has 4 heteroatoms. The molecule has 0 atom stereocenters. The van der Waals surface area contributed by atoms with Gasteiger partial charge in [0, 0.05) is 32.7 Å². The molecule has 0 fully saturated rings. The summed E-state index contributed by atoms with van der Waals surface area (Å²) in [6.45, 7) is 1.66. The van der Waals surface area contributed by atoms with Crippen LogP contribution in [0.15, 0.2) is 12.1 Å². The van der Waals surface area contributed by atoms with E-state index in [4.69, 9.17) is 10.8 Å². The Morgan fingerprint density at radius 2 is 2.25 bits per heavy atom. The van der Waals surface area contributed by atoms with E-state index in [2.05, 4.69) is 6.07 Å². The zero-order chi connectivity index (χ0) is 8.43. The summed E-state index contributed by atoms with van der Waals surface area (Å²) in [6, 6.07) is 5.70. The third kappa shape index (κ3) is 2.29. The molecule has 0 aliphatic heterocycles. The van der Waals surface area contributed by atoms with Crippen LogP contribution in [0.1, 0.15) is 15.9 Å². The Morgan fingerprint density at radius 1 is 1.67 bits per heavy atom. The predicted octanol–water partition coefficient (Wildman–Crippen LogP) is 1.07. The first kappa shape index (κ1) is 11.6. The molecule has 3 nitrogen and oxygen atoms in total. The number of hydrogen-bond donors (Lipinski definition) is 2. The van der Waals surface area contributed by atoms with Crippen LogP contribution in [0.2, 0.25) is 0 Å². The fraction of sp³-hybridized carbons (Fsp3) is 0.125. The van der Waals surface area contributed by atoms with Gasteiger partial charge in [0.25, 0.3) is 0 Å². The molecule has 1 rings (SSSR count). The summed E-state index contributed by atoms with van der Waals surface area (Å²) in [5.41, 5.74) is 6.64. The molecule has 1 radical (unpaired) electrons. The first-order valence-corrected chi connectivity index (χ1v) is 3.13. The van der Waals surface area contributed by atoms with E-state index >= 15 is 0 Å². The quantitative estimate of drug-likeness (QED) is 0.569. The SMILES string of the molecule is Cc1c(N)[c-]ccc1C(=O)O.[Y]. The molecule has 0 unspecified atom stereocenters. The maximum absolute atomic E-state index is 10.5. The van der Waals surface area contributed by atoms with E-state index in [-0.39, 0.29) is 38.3 Å². The Balaban J connectivity index is 0.00000121. The molecule has 0 aliphatic rings. The second-order valence-corrected chi connectivity index (χ2v) is 2.24. The number of carbonyl (C=O) groups is 1. The van der Waals surface area contributed by atoms with Crippen molar-refractivity contribution in [2.75, 3.05) is 5.73 Å². The number of anilines is 1. The largest absolute Gasteiger partial charge is 0.479 e. The van der Waals surface area contributed by atoms with Crippen molar-refractivity contribution in [3.63, 3.8) is 0 Å². The van der Waals surface area contributed by atoms with Crippen LogP contribution in [-0.4, -0.2) is 11.1 Å². The van der Waals surface area contributed by atoms with Crippen LogP contribution < -0.4 is 5.73 Å². The molecule has 0 aromatic heterocycles. The number of carboxylic acids is 1. The van der Waals surface area contributed by atoms with Gasteiger partial charge in [0.05, 0.1) is 0 Å². The van der Waals surface area contributed by atoms with Crippen molar-refractivity contribution in [1.29, 1.82) is 0 Å². The Bertz CT molecular complexity index is 299. The normalized spacial score (nSPS) is 8.75. The summed E-state index contributed by atoms with van der Waals surface area (Å²) >= 11 is 0. The van der Waals surface area contributed by atoms with Gasteiger partial charge in [-0.05, 0) is 5.56 Å². The van der Waals surface area contributed by atoms with Crippen LogP contribution in [0.3, 0.4) is 0 Å². The van der Waals surface area contributed by atoms with Crippen molar-refractivity contribution in [2.24, 2.45) is 0 Å². The summed E-state index contributed by atoms with van der Waals surface area (Å²) in [7, 11) is 0. The average Bonchev–Trinajstić information content (AvgIpc) is 1.94. The monoisotopic (exact) mass is 239 g/mol. The molecule has 1 aromatic rings. The van der Waals surface area contributed by atoms with Crippen LogP contribution in [0, 0.1) is 13.0 Å². The average molecular weight is 239 g/mol. The molecule has 3 N–H and O–H groups in total. The number of aromatic carboxylic acids is 1. The van der Waals surface area contributed by atoms with Gasteiger partial charge in [-0.25, -0.2) is 4.79 Å². The number of nitrogens with two attached hydrogens (primary N) is 1. The first-order chi connectivity index (χ1) is 5.13. The number of nitrogen functional groups attached to an aromatic ring is 1. The summed E-state index contributed by atoms with van der Waals surface area (Å²) in [4.78, 5) is 10.5. The maximum Gasteiger partial charge on any atom is 0.311 e. The summed E-state index contributed by atoms with van der Waals surface area (Å²) in [5.74, 6) is -0.955. The second-order valence-electron chi connectivity index (χ2n) is 2.24. The van der Waals surface area contributed by atoms with E-state index in [1.54, 1.807) is 6.92 Å². The third-order valence-corrected chi connectivity index (χ3v) is 1.53. The molecule has 0 saturated carbocycles. The van der Waals surface area contributed by atoms with Crippen molar-refractivity contribution >= 4 is 11.7 Å². The minimum Gasteiger partial charge on any atom is -0.479 e. The second kappa shape index (κ2) is 4.58. The number of hydrogen-bond acceptors (Lipinski definition) is 2. The predicted molar refractivity (Wildman–Crippen MR) is 41.4 cm³/mol. The van der Waals surface area contributed by atoms with E-state index in [9.17, 15) is 4.79 Å². The molecule has 0 heterocycles. The number of benzene rings is 1. The van der Waals surface area contributed by atoms with E-state index < -0.39 is 5.97 Å². The molecule has 0 saturated heterocycles. The van der Waals surface area contributed by atoms with Gasteiger partial charge < -0.3 is 10.8 Å². The van der Waals surface area contributed by atoms with Gasteiger partial charge >= 0.3 is 5.97 Å². The van der Waals surface area contributed by atoms with E-state index in [0.717, 1.165) is 0 Å². The van der Waals surface area contributed by atoms with Gasteiger partial charge in [-0.15, -0.1) is 5.56 Å². The molecular formula is C8H8NO2Y-. The van der Waals surface area contributed by atoms with Gasteiger partial charge in [0.15, 0.2) is 0 Å². The van der Waals surface area contributed by atoms with Gasteiger partial charge in [-0.1, -0.05) is 12.6 Å². The molecule has 12 heavy (non-hydrogen) atoms. The molecular weight excluding hydrogens is 231 g/mol. The standard InChI is InChI=1S/C8H8NO2.Y/c1-5-6(8(10)11)3-2-4-7(5)9;/h2-3H,9H2,1H3,(H,10,11);/q-1;. The fourth-order valence-electron chi connectivity index (χ4n) is 0.825. The van der Waals surface area contributed by atoms with Gasteiger partial charge in [-0.3, -0.25) is 0 Å². The van der Waals surface area contributed by atoms with Crippen LogP contribution in [0.4, 0.5) is 5.69 Å². The van der Waals surface area contributed by atoms with Crippen molar-refractivity contribution in [3.05, 3.63) is 29.3 Å². The van der Waals surface area contributed by atoms with Crippen molar-refractivity contribution in [1.82, 2.24) is 0 Å². The first-order valence-electron chi connectivity index (χ1n) is 3.13. The molecule has 0 spiro atoms. The molecule has 0 amide bonds. The molecule has 61 valence electrons. The maximum atomic E-state index is 10.5. The zero-order valence-electron chi connectivity index (χ0n) is 6.66. The summed E-state index contributed by atoms with van der Waals surface area (Å²) in [5, 5.41) is 8.62. The number of carboxylic acid groups (broad SMARTS) is 1. The van der Waals surface area contributed by atoms with Crippen molar-refractivity contribution in [2.45, 2.75) is 6.92 Å². The Labute approximate surface area is 95.8 Å². The van der Waals surface area contributed by atoms with Crippen LogP contribution in [0.25, 0.3) is 0 Å². The van der Waals surface area contributed by atoms with E-state index in [1.807, 2.05) is 0 Å². The number of rotatable bonds is 1. The Kier molecular flexibility index (Phi) is 4.42. The van der Waals surface area contributed by atoms with Gasteiger partial charge in [0.2, 0.25) is 0 Å². The fourth-order valence-corrected chi connectivity index (χ4v) is 0.825.